The summed E-state index contributed by atoms with van der Waals surface area (Å²) in [4.78, 5) is 33.4. The molecule has 0 bridgehead atoms. The third-order valence-electron chi connectivity index (χ3n) is 6.47. The molecule has 10 heteroatoms. The molecule has 1 amide bonds. The van der Waals surface area contributed by atoms with Gasteiger partial charge >= 0.3 is 0 Å². The van der Waals surface area contributed by atoms with E-state index in [-0.39, 0.29) is 22.1 Å². The SMILES string of the molecule is COCCn1c(C(=O)N2CCCC2CS(=O)(=O)c2ccccc2)cc2c(=O)n3ccccc3nc21. The Morgan fingerprint density at radius 1 is 1.14 bits per heavy atom. The van der Waals surface area contributed by atoms with Gasteiger partial charge in [0.15, 0.2) is 9.84 Å². The fraction of sp³-hybridized carbons (Fsp3) is 0.320. The van der Waals surface area contributed by atoms with Gasteiger partial charge in [0.05, 0.1) is 22.6 Å². The zero-order valence-electron chi connectivity index (χ0n) is 19.3. The molecule has 0 N–H and O–H groups in total. The molecule has 1 atom stereocenters. The van der Waals surface area contributed by atoms with E-state index in [2.05, 4.69) is 4.98 Å². The van der Waals surface area contributed by atoms with Crippen molar-refractivity contribution in [2.75, 3.05) is 26.0 Å². The van der Waals surface area contributed by atoms with E-state index in [1.54, 1.807) is 77.4 Å². The molecule has 1 saturated heterocycles. The van der Waals surface area contributed by atoms with Gasteiger partial charge in [-0.15, -0.1) is 0 Å². The first kappa shape index (κ1) is 23.3. The van der Waals surface area contributed by atoms with E-state index in [1.165, 1.54) is 4.40 Å². The van der Waals surface area contributed by atoms with Crippen LogP contribution in [0.2, 0.25) is 0 Å². The number of aromatic nitrogens is 3. The Morgan fingerprint density at radius 2 is 1.91 bits per heavy atom. The van der Waals surface area contributed by atoms with Crippen molar-refractivity contribution in [3.8, 4) is 0 Å². The number of ether oxygens (including phenoxy) is 1. The van der Waals surface area contributed by atoms with Crippen molar-refractivity contribution in [3.63, 3.8) is 0 Å². The third kappa shape index (κ3) is 4.23. The number of nitrogens with zero attached hydrogens (tertiary/aromatic N) is 4. The first-order chi connectivity index (χ1) is 16.9. The first-order valence-electron chi connectivity index (χ1n) is 11.5. The number of likely N-dealkylation sites (tertiary alicyclic amines) is 1. The van der Waals surface area contributed by atoms with Gasteiger partial charge in [-0.3, -0.25) is 14.0 Å². The highest BCUT2D eigenvalue weighted by Crippen LogP contribution is 2.26. The summed E-state index contributed by atoms with van der Waals surface area (Å²) in [5.41, 5.74) is 0.935. The van der Waals surface area contributed by atoms with Gasteiger partial charge in [0.1, 0.15) is 17.0 Å². The van der Waals surface area contributed by atoms with E-state index in [1.807, 2.05) is 0 Å². The highest BCUT2D eigenvalue weighted by molar-refractivity contribution is 7.91. The van der Waals surface area contributed by atoms with Crippen molar-refractivity contribution in [2.45, 2.75) is 30.3 Å². The molecule has 1 aliphatic rings. The second-order valence-electron chi connectivity index (χ2n) is 8.65. The normalized spacial score (nSPS) is 16.4. The van der Waals surface area contributed by atoms with Crippen LogP contribution in [0.5, 0.6) is 0 Å². The minimum atomic E-state index is -3.56. The van der Waals surface area contributed by atoms with Crippen molar-refractivity contribution in [1.82, 2.24) is 18.9 Å². The molecule has 4 heterocycles. The minimum Gasteiger partial charge on any atom is -0.383 e. The average Bonchev–Trinajstić information content (AvgIpc) is 3.47. The molecular formula is C25H26N4O5S. The zero-order valence-corrected chi connectivity index (χ0v) is 20.1. The molecule has 0 saturated carbocycles. The predicted molar refractivity (Wildman–Crippen MR) is 131 cm³/mol. The maximum atomic E-state index is 13.8. The number of carbonyl (C=O) groups excluding carboxylic acids is 1. The van der Waals surface area contributed by atoms with Crippen LogP contribution >= 0.6 is 0 Å². The molecule has 0 aliphatic carbocycles. The number of hydrogen-bond acceptors (Lipinski definition) is 6. The molecule has 4 aromatic rings. The first-order valence-corrected chi connectivity index (χ1v) is 13.1. The van der Waals surface area contributed by atoms with E-state index < -0.39 is 15.9 Å². The minimum absolute atomic E-state index is 0.147. The third-order valence-corrected chi connectivity index (χ3v) is 8.28. The lowest BCUT2D eigenvalue weighted by Crippen LogP contribution is -2.40. The molecule has 0 radical (unpaired) electrons. The van der Waals surface area contributed by atoms with Crippen LogP contribution < -0.4 is 5.56 Å². The maximum absolute atomic E-state index is 13.8. The van der Waals surface area contributed by atoms with Crippen LogP contribution in [0.4, 0.5) is 0 Å². The summed E-state index contributed by atoms with van der Waals surface area (Å²) >= 11 is 0. The molecule has 1 fully saturated rings. The number of pyridine rings is 1. The summed E-state index contributed by atoms with van der Waals surface area (Å²) in [6.07, 6.45) is 2.95. The van der Waals surface area contributed by atoms with Crippen LogP contribution in [0, 0.1) is 0 Å². The van der Waals surface area contributed by atoms with Crippen LogP contribution in [-0.2, 0) is 21.1 Å². The van der Waals surface area contributed by atoms with Crippen molar-refractivity contribution < 1.29 is 17.9 Å². The molecule has 1 unspecified atom stereocenters. The highest BCUT2D eigenvalue weighted by Gasteiger charge is 2.35. The van der Waals surface area contributed by atoms with Crippen molar-refractivity contribution in [3.05, 3.63) is 76.8 Å². The molecule has 3 aromatic heterocycles. The van der Waals surface area contributed by atoms with E-state index in [9.17, 15) is 18.0 Å². The number of benzene rings is 1. The molecule has 5 rings (SSSR count). The molecular weight excluding hydrogens is 468 g/mol. The summed E-state index contributed by atoms with van der Waals surface area (Å²) in [5, 5.41) is 0.334. The molecule has 1 aliphatic heterocycles. The number of carbonyl (C=O) groups is 1. The Kier molecular flexibility index (Phi) is 6.16. The topological polar surface area (TPSA) is 103 Å². The van der Waals surface area contributed by atoms with Crippen LogP contribution in [0.15, 0.2) is 70.5 Å². The molecule has 35 heavy (non-hydrogen) atoms. The summed E-state index contributed by atoms with van der Waals surface area (Å²) in [6, 6.07) is 14.7. The molecule has 1 aromatic carbocycles. The van der Waals surface area contributed by atoms with Crippen LogP contribution in [0.25, 0.3) is 16.7 Å². The van der Waals surface area contributed by atoms with Crippen molar-refractivity contribution in [1.29, 1.82) is 0 Å². The van der Waals surface area contributed by atoms with E-state index in [4.69, 9.17) is 4.74 Å². The van der Waals surface area contributed by atoms with Gasteiger partial charge in [0.2, 0.25) is 0 Å². The van der Waals surface area contributed by atoms with Gasteiger partial charge in [-0.25, -0.2) is 13.4 Å². The second kappa shape index (κ2) is 9.27. The lowest BCUT2D eigenvalue weighted by molar-refractivity contribution is 0.0736. The van der Waals surface area contributed by atoms with Gasteiger partial charge in [0, 0.05) is 32.4 Å². The Balaban J connectivity index is 1.54. The van der Waals surface area contributed by atoms with Gasteiger partial charge in [-0.2, -0.15) is 0 Å². The van der Waals surface area contributed by atoms with Gasteiger partial charge in [0.25, 0.3) is 11.5 Å². The van der Waals surface area contributed by atoms with Crippen LogP contribution in [-0.4, -0.2) is 65.2 Å². The number of methoxy groups -OCH3 is 1. The van der Waals surface area contributed by atoms with E-state index >= 15 is 0 Å². The largest absolute Gasteiger partial charge is 0.383 e. The lowest BCUT2D eigenvalue weighted by atomic mass is 10.2. The van der Waals surface area contributed by atoms with Crippen LogP contribution in [0.3, 0.4) is 0 Å². The van der Waals surface area contributed by atoms with Gasteiger partial charge < -0.3 is 14.2 Å². The molecule has 9 nitrogen and oxygen atoms in total. The summed E-state index contributed by atoms with van der Waals surface area (Å²) in [5.74, 6) is -0.454. The molecule has 182 valence electrons. The quantitative estimate of drug-likeness (QED) is 0.391. The standard InChI is InChI=1S/C25H26N4O5S/c1-34-15-14-28-21(16-20-23(28)26-22-11-5-6-12-29(22)24(20)30)25(31)27-13-7-8-18(27)17-35(32,33)19-9-3-2-4-10-19/h2-6,9-12,16,18H,7-8,13-15,17H2,1H3. The van der Waals surface area contributed by atoms with Gasteiger partial charge in [-0.1, -0.05) is 24.3 Å². The average molecular weight is 495 g/mol. The fourth-order valence-electron chi connectivity index (χ4n) is 4.74. The maximum Gasteiger partial charge on any atom is 0.270 e. The van der Waals surface area contributed by atoms with Crippen LogP contribution in [0.1, 0.15) is 23.3 Å². The smallest absolute Gasteiger partial charge is 0.270 e. The van der Waals surface area contributed by atoms with Gasteiger partial charge in [-0.05, 0) is 43.2 Å². The number of amides is 1. The Morgan fingerprint density at radius 3 is 2.69 bits per heavy atom. The summed E-state index contributed by atoms with van der Waals surface area (Å²) < 4.78 is 34.4. The lowest BCUT2D eigenvalue weighted by Gasteiger charge is -2.25. The summed E-state index contributed by atoms with van der Waals surface area (Å²) in [6.45, 7) is 1.11. The number of rotatable bonds is 7. The Hall–Kier alpha value is -3.50. The zero-order chi connectivity index (χ0) is 24.6. The summed E-state index contributed by atoms with van der Waals surface area (Å²) in [7, 11) is -2.00. The Labute approximate surface area is 202 Å². The number of sulfone groups is 1. The monoisotopic (exact) mass is 494 g/mol. The van der Waals surface area contributed by atoms with Crippen molar-refractivity contribution in [2.24, 2.45) is 0 Å². The number of fused-ring (bicyclic) bond motifs is 2. The Bertz CT molecular complexity index is 1560. The molecule has 0 spiro atoms. The highest BCUT2D eigenvalue weighted by atomic mass is 32.2. The van der Waals surface area contributed by atoms with Crippen molar-refractivity contribution >= 4 is 32.4 Å². The second-order valence-corrected chi connectivity index (χ2v) is 10.7. The predicted octanol–water partition coefficient (Wildman–Crippen LogP) is 2.37. The fourth-order valence-corrected chi connectivity index (χ4v) is 6.36. The van der Waals surface area contributed by atoms with E-state index in [0.717, 1.165) is 0 Å². The number of hydrogen-bond donors (Lipinski definition) is 0. The van der Waals surface area contributed by atoms with E-state index in [0.29, 0.717) is 54.9 Å².